The van der Waals surface area contributed by atoms with Gasteiger partial charge in [0, 0.05) is 5.56 Å². The second kappa shape index (κ2) is 10.1. The topological polar surface area (TPSA) is 101 Å². The molecule has 1 aliphatic heterocycles. The minimum Gasteiger partial charge on any atom is -0.426 e. The van der Waals surface area contributed by atoms with Gasteiger partial charge in [-0.3, -0.25) is 14.1 Å². The molecule has 0 bridgehead atoms. The zero-order valence-corrected chi connectivity index (χ0v) is 21.0. The lowest BCUT2D eigenvalue weighted by molar-refractivity contribution is -0.940. The number of esters is 1. The number of ether oxygens (including phenoxy) is 1. The molecule has 2 aliphatic rings. The van der Waals surface area contributed by atoms with Gasteiger partial charge in [0.15, 0.2) is 0 Å². The third-order valence-corrected chi connectivity index (χ3v) is 8.25. The summed E-state index contributed by atoms with van der Waals surface area (Å²) in [4.78, 5) is 27.6. The first kappa shape index (κ1) is 25.3. The number of rotatable bonds is 6. The van der Waals surface area contributed by atoms with Gasteiger partial charge >= 0.3 is 16.1 Å². The Morgan fingerprint density at radius 3 is 2.37 bits per heavy atom. The summed E-state index contributed by atoms with van der Waals surface area (Å²) in [6, 6.07) is 14.5. The van der Waals surface area contributed by atoms with Crippen molar-refractivity contribution < 1.29 is 31.8 Å². The van der Waals surface area contributed by atoms with Crippen molar-refractivity contribution in [1.82, 2.24) is 4.90 Å². The molecule has 1 N–H and O–H groups in total. The number of piperazine rings is 1. The molecular formula is C26H33N2O6S+. The summed E-state index contributed by atoms with van der Waals surface area (Å²) >= 11 is 0. The molecule has 1 amide bonds. The van der Waals surface area contributed by atoms with Crippen molar-refractivity contribution in [3.63, 3.8) is 0 Å². The zero-order valence-electron chi connectivity index (χ0n) is 20.2. The van der Waals surface area contributed by atoms with Gasteiger partial charge in [-0.25, -0.2) is 0 Å². The monoisotopic (exact) mass is 501 g/mol. The standard InChI is InChI=1S/C26H32N2O6S/c1-19(2)28(18-35(31,32)33)16-14-27(15-17-28)25(29)21-10-12-22(13-11-21)34-26(30)24-9-5-7-20-6-3-4-8-23(20)24/h3-4,6,8,10-13,19,24H,5,7,9,14-18H2,1-2H3/p+1. The van der Waals surface area contributed by atoms with Crippen molar-refractivity contribution in [1.29, 1.82) is 0 Å². The van der Waals surface area contributed by atoms with Crippen molar-refractivity contribution >= 4 is 22.0 Å². The zero-order chi connectivity index (χ0) is 25.2. The van der Waals surface area contributed by atoms with Crippen LogP contribution in [0.1, 0.15) is 54.1 Å². The molecule has 1 unspecified atom stereocenters. The van der Waals surface area contributed by atoms with Crippen LogP contribution >= 0.6 is 0 Å². The number of hydrogen-bond donors (Lipinski definition) is 1. The summed E-state index contributed by atoms with van der Waals surface area (Å²) in [5, 5.41) is 0. The van der Waals surface area contributed by atoms with Gasteiger partial charge in [0.05, 0.1) is 38.1 Å². The number of hydrogen-bond acceptors (Lipinski definition) is 5. The molecule has 8 nitrogen and oxygen atoms in total. The minimum absolute atomic E-state index is 0.000670. The number of aryl methyl sites for hydroxylation is 1. The van der Waals surface area contributed by atoms with Crippen LogP contribution in [0.25, 0.3) is 0 Å². The predicted octanol–water partition coefficient (Wildman–Crippen LogP) is 3.24. The van der Waals surface area contributed by atoms with Crippen molar-refractivity contribution in [2.45, 2.75) is 45.1 Å². The van der Waals surface area contributed by atoms with E-state index in [0.717, 1.165) is 24.8 Å². The number of carbonyl (C=O) groups is 2. The highest BCUT2D eigenvalue weighted by atomic mass is 32.2. The van der Waals surface area contributed by atoms with Crippen LogP contribution in [0.15, 0.2) is 48.5 Å². The molecule has 188 valence electrons. The molecule has 0 aromatic heterocycles. The Morgan fingerprint density at radius 2 is 1.74 bits per heavy atom. The fraction of sp³-hybridized carbons (Fsp3) is 0.462. The van der Waals surface area contributed by atoms with Gasteiger partial charge in [-0.05, 0) is 68.5 Å². The van der Waals surface area contributed by atoms with Gasteiger partial charge in [0.1, 0.15) is 5.75 Å². The Bertz CT molecular complexity index is 1180. The maximum absolute atomic E-state index is 13.0. The Hall–Kier alpha value is -2.75. The summed E-state index contributed by atoms with van der Waals surface area (Å²) < 4.78 is 38.3. The van der Waals surface area contributed by atoms with E-state index in [1.54, 1.807) is 29.2 Å². The van der Waals surface area contributed by atoms with E-state index in [2.05, 4.69) is 6.07 Å². The number of benzene rings is 2. The van der Waals surface area contributed by atoms with Crippen molar-refractivity contribution in [3.8, 4) is 5.75 Å². The maximum atomic E-state index is 13.0. The van der Waals surface area contributed by atoms with Gasteiger partial charge in [-0.15, -0.1) is 0 Å². The fourth-order valence-corrected chi connectivity index (χ4v) is 6.43. The van der Waals surface area contributed by atoms with E-state index in [-0.39, 0.29) is 34.2 Å². The number of carbonyl (C=O) groups excluding carboxylic acids is 2. The van der Waals surface area contributed by atoms with Crippen LogP contribution in [-0.4, -0.2) is 72.3 Å². The molecule has 1 fully saturated rings. The SMILES string of the molecule is CC(C)[N+]1(CS(=O)(=O)O)CCN(C(=O)c2ccc(OC(=O)C3CCCc4ccccc43)cc2)CC1. The van der Waals surface area contributed by atoms with Crippen molar-refractivity contribution in [3.05, 3.63) is 65.2 Å². The fourth-order valence-electron chi connectivity index (χ4n) is 5.22. The third kappa shape index (κ3) is 5.74. The van der Waals surface area contributed by atoms with Crippen LogP contribution in [0, 0.1) is 0 Å². The molecule has 1 aliphatic carbocycles. The molecule has 9 heteroatoms. The molecule has 0 saturated carbocycles. The number of nitrogens with zero attached hydrogens (tertiary/aromatic N) is 2. The molecule has 4 rings (SSSR count). The molecule has 1 atom stereocenters. The molecule has 2 aromatic carbocycles. The second-order valence-electron chi connectivity index (χ2n) is 9.85. The van der Waals surface area contributed by atoms with Gasteiger partial charge in [0.25, 0.3) is 5.91 Å². The summed E-state index contributed by atoms with van der Waals surface area (Å²) in [6.07, 6.45) is 2.68. The largest absolute Gasteiger partial charge is 0.426 e. The third-order valence-electron chi connectivity index (χ3n) is 7.41. The highest BCUT2D eigenvalue weighted by molar-refractivity contribution is 7.85. The minimum atomic E-state index is -4.13. The van der Waals surface area contributed by atoms with Gasteiger partial charge in [-0.2, -0.15) is 8.42 Å². The average molecular weight is 502 g/mol. The quantitative estimate of drug-likeness (QED) is 0.282. The van der Waals surface area contributed by atoms with Gasteiger partial charge in [0.2, 0.25) is 5.88 Å². The van der Waals surface area contributed by atoms with E-state index in [4.69, 9.17) is 4.74 Å². The van der Waals surface area contributed by atoms with E-state index in [9.17, 15) is 22.6 Å². The average Bonchev–Trinajstić information content (AvgIpc) is 2.83. The van der Waals surface area contributed by atoms with E-state index in [1.807, 2.05) is 32.0 Å². The summed E-state index contributed by atoms with van der Waals surface area (Å²) in [7, 11) is -4.13. The van der Waals surface area contributed by atoms with E-state index < -0.39 is 10.1 Å². The van der Waals surface area contributed by atoms with Crippen LogP contribution in [-0.2, 0) is 21.3 Å². The smallest absolute Gasteiger partial charge is 0.318 e. The highest BCUT2D eigenvalue weighted by Gasteiger charge is 2.40. The van der Waals surface area contributed by atoms with E-state index in [0.29, 0.717) is 37.5 Å². The Morgan fingerprint density at radius 1 is 1.09 bits per heavy atom. The van der Waals surface area contributed by atoms with Crippen molar-refractivity contribution in [2.75, 3.05) is 32.1 Å². The first-order valence-electron chi connectivity index (χ1n) is 12.1. The van der Waals surface area contributed by atoms with E-state index in [1.165, 1.54) is 5.56 Å². The lowest BCUT2D eigenvalue weighted by atomic mass is 9.83. The van der Waals surface area contributed by atoms with Crippen LogP contribution in [0.4, 0.5) is 0 Å². The Labute approximate surface area is 206 Å². The molecular weight excluding hydrogens is 468 g/mol. The lowest BCUT2D eigenvalue weighted by Crippen LogP contribution is -2.64. The number of amides is 1. The predicted molar refractivity (Wildman–Crippen MR) is 132 cm³/mol. The number of fused-ring (bicyclic) bond motifs is 1. The molecule has 35 heavy (non-hydrogen) atoms. The van der Waals surface area contributed by atoms with Gasteiger partial charge < -0.3 is 14.1 Å². The Balaban J connectivity index is 1.38. The first-order chi connectivity index (χ1) is 16.6. The normalized spacial score (nSPS) is 19.8. The molecule has 2 aromatic rings. The van der Waals surface area contributed by atoms with Crippen LogP contribution in [0.5, 0.6) is 5.75 Å². The van der Waals surface area contributed by atoms with Gasteiger partial charge in [-0.1, -0.05) is 24.3 Å². The summed E-state index contributed by atoms with van der Waals surface area (Å²) in [5.41, 5.74) is 2.71. The highest BCUT2D eigenvalue weighted by Crippen LogP contribution is 2.33. The van der Waals surface area contributed by atoms with Crippen LogP contribution < -0.4 is 4.74 Å². The molecule has 1 heterocycles. The van der Waals surface area contributed by atoms with Crippen molar-refractivity contribution in [2.24, 2.45) is 0 Å². The molecule has 1 saturated heterocycles. The summed E-state index contributed by atoms with van der Waals surface area (Å²) in [5.74, 6) is -0.668. The maximum Gasteiger partial charge on any atom is 0.318 e. The summed E-state index contributed by atoms with van der Waals surface area (Å²) in [6.45, 7) is 5.53. The molecule has 0 radical (unpaired) electrons. The first-order valence-corrected chi connectivity index (χ1v) is 13.7. The lowest BCUT2D eigenvalue weighted by Gasteiger charge is -2.46. The second-order valence-corrected chi connectivity index (χ2v) is 11.3. The Kier molecular flexibility index (Phi) is 7.30. The van der Waals surface area contributed by atoms with Crippen LogP contribution in [0.3, 0.4) is 0 Å². The molecule has 0 spiro atoms. The van der Waals surface area contributed by atoms with Crippen LogP contribution in [0.2, 0.25) is 0 Å². The van der Waals surface area contributed by atoms with E-state index >= 15 is 0 Å². The number of quaternary nitrogens is 1.